The maximum atomic E-state index is 11.6. The maximum absolute atomic E-state index is 11.6. The van der Waals surface area contributed by atoms with Gasteiger partial charge in [0.05, 0.1) is 0 Å². The van der Waals surface area contributed by atoms with E-state index in [0.29, 0.717) is 0 Å². The van der Waals surface area contributed by atoms with Crippen LogP contribution >= 0.6 is 34.2 Å². The van der Waals surface area contributed by atoms with Crippen LogP contribution in [0.2, 0.25) is 0 Å². The van der Waals surface area contributed by atoms with E-state index in [9.17, 15) is 13.2 Å². The van der Waals surface area contributed by atoms with Crippen molar-refractivity contribution in [3.63, 3.8) is 0 Å². The first kappa shape index (κ1) is 8.55. The molecule has 0 aromatic rings. The van der Waals surface area contributed by atoms with Crippen LogP contribution in [0.25, 0.3) is 0 Å². The van der Waals surface area contributed by atoms with Crippen molar-refractivity contribution >= 4 is 34.2 Å². The van der Waals surface area contributed by atoms with Crippen LogP contribution in [0.15, 0.2) is 8.87 Å². The Morgan fingerprint density at radius 3 is 1.88 bits per heavy atom. The number of hydrogen-bond donors (Lipinski definition) is 0. The van der Waals surface area contributed by atoms with E-state index >= 15 is 0 Å². The summed E-state index contributed by atoms with van der Waals surface area (Å²) in [6.45, 7) is 0. The van der Waals surface area contributed by atoms with Gasteiger partial charge in [0.25, 0.3) is 6.43 Å². The van der Waals surface area contributed by atoms with Crippen molar-refractivity contribution in [1.29, 1.82) is 0 Å². The molecule has 0 N–H and O–H groups in total. The van der Waals surface area contributed by atoms with E-state index in [1.54, 1.807) is 0 Å². The van der Waals surface area contributed by atoms with Gasteiger partial charge in [0.1, 0.15) is 3.04 Å². The summed E-state index contributed by atoms with van der Waals surface area (Å²) >= 11 is 6.11. The summed E-state index contributed by atoms with van der Waals surface area (Å²) in [7, 11) is 0. The molecule has 0 rings (SSSR count). The molecule has 0 radical (unpaired) electrons. The Morgan fingerprint density at radius 1 is 1.50 bits per heavy atom. The lowest BCUT2D eigenvalue weighted by atomic mass is 10.6. The third-order valence-electron chi connectivity index (χ3n) is 0.372. The molecule has 0 spiro atoms. The van der Waals surface area contributed by atoms with E-state index in [-0.39, 0.29) is 0 Å². The van der Waals surface area contributed by atoms with Gasteiger partial charge in [-0.25, -0.2) is 13.2 Å². The molecule has 0 saturated heterocycles. The lowest BCUT2D eigenvalue weighted by Crippen LogP contribution is -1.89. The molecule has 0 unspecified atom stereocenters. The minimum atomic E-state index is -3.08. The van der Waals surface area contributed by atoms with E-state index in [2.05, 4.69) is 0 Å². The van der Waals surface area contributed by atoms with Gasteiger partial charge in [-0.1, -0.05) is 11.6 Å². The van der Waals surface area contributed by atoms with Crippen LogP contribution in [0, 0.1) is 0 Å². The van der Waals surface area contributed by atoms with Gasteiger partial charge in [-0.05, 0) is 22.6 Å². The highest BCUT2D eigenvalue weighted by Gasteiger charge is 2.12. The molecule has 0 saturated carbocycles. The van der Waals surface area contributed by atoms with Crippen LogP contribution < -0.4 is 0 Å². The highest BCUT2D eigenvalue weighted by atomic mass is 127. The Morgan fingerprint density at radius 2 is 1.88 bits per heavy atom. The predicted molar refractivity (Wildman–Crippen MR) is 34.0 cm³/mol. The summed E-state index contributed by atoms with van der Waals surface area (Å²) in [5.74, 6) is -1.56. The Kier molecular flexibility index (Phi) is 3.80. The van der Waals surface area contributed by atoms with Gasteiger partial charge in [-0.2, -0.15) is 0 Å². The second-order valence-electron chi connectivity index (χ2n) is 0.909. The highest BCUT2D eigenvalue weighted by molar-refractivity contribution is 14.1. The molecule has 48 valence electrons. The first-order valence-corrected chi connectivity index (χ1v) is 3.00. The monoisotopic (exact) mass is 256 g/mol. The average Bonchev–Trinajstić information content (AvgIpc) is 1.64. The van der Waals surface area contributed by atoms with Crippen molar-refractivity contribution < 1.29 is 13.2 Å². The number of rotatable bonds is 1. The van der Waals surface area contributed by atoms with E-state index in [1.807, 2.05) is 0 Å². The number of hydrogen-bond acceptors (Lipinski definition) is 0. The van der Waals surface area contributed by atoms with Gasteiger partial charge >= 0.3 is 0 Å². The average molecular weight is 256 g/mol. The van der Waals surface area contributed by atoms with Crippen molar-refractivity contribution in [2.45, 2.75) is 6.43 Å². The van der Waals surface area contributed by atoms with Crippen molar-refractivity contribution in [3.05, 3.63) is 8.87 Å². The van der Waals surface area contributed by atoms with Crippen molar-refractivity contribution in [2.75, 3.05) is 0 Å². The molecule has 0 nitrogen and oxygen atoms in total. The van der Waals surface area contributed by atoms with E-state index in [0.717, 1.165) is 0 Å². The summed E-state index contributed by atoms with van der Waals surface area (Å²) in [6, 6.07) is 0. The first-order chi connectivity index (χ1) is 3.55. The van der Waals surface area contributed by atoms with Crippen LogP contribution in [0.5, 0.6) is 0 Å². The SMILES string of the molecule is FC(=C(Cl)I)C(F)F. The minimum Gasteiger partial charge on any atom is -0.203 e. The number of allylic oxidation sites excluding steroid dienone is 1. The first-order valence-electron chi connectivity index (χ1n) is 1.54. The quantitative estimate of drug-likeness (QED) is 0.633. The van der Waals surface area contributed by atoms with Crippen LogP contribution in [0.4, 0.5) is 13.2 Å². The molecular formula is C3HClF3I. The lowest BCUT2D eigenvalue weighted by Gasteiger charge is -1.90. The molecule has 0 aromatic heterocycles. The molecule has 0 bridgehead atoms. The Labute approximate surface area is 62.8 Å². The van der Waals surface area contributed by atoms with Gasteiger partial charge in [0.15, 0.2) is 5.83 Å². The second-order valence-corrected chi connectivity index (χ2v) is 3.00. The lowest BCUT2D eigenvalue weighted by molar-refractivity contribution is 0.159. The van der Waals surface area contributed by atoms with Gasteiger partial charge in [0.2, 0.25) is 0 Å². The van der Waals surface area contributed by atoms with Crippen LogP contribution in [-0.4, -0.2) is 6.43 Å². The maximum Gasteiger partial charge on any atom is 0.291 e. The Bertz CT molecular complexity index is 107. The zero-order chi connectivity index (χ0) is 6.73. The van der Waals surface area contributed by atoms with Crippen molar-refractivity contribution in [3.8, 4) is 0 Å². The van der Waals surface area contributed by atoms with Crippen molar-refractivity contribution in [1.82, 2.24) is 0 Å². The van der Waals surface area contributed by atoms with Crippen LogP contribution in [0.1, 0.15) is 0 Å². The summed E-state index contributed by atoms with van der Waals surface area (Å²) in [6.07, 6.45) is -3.08. The van der Waals surface area contributed by atoms with Gasteiger partial charge in [0, 0.05) is 0 Å². The third kappa shape index (κ3) is 2.76. The van der Waals surface area contributed by atoms with Crippen LogP contribution in [0.3, 0.4) is 0 Å². The van der Waals surface area contributed by atoms with Gasteiger partial charge in [-0.15, -0.1) is 0 Å². The molecular weight excluding hydrogens is 255 g/mol. The molecule has 0 aromatic carbocycles. The van der Waals surface area contributed by atoms with Crippen molar-refractivity contribution in [2.24, 2.45) is 0 Å². The summed E-state index contributed by atoms with van der Waals surface area (Å²) < 4.78 is 33.4. The van der Waals surface area contributed by atoms with Crippen LogP contribution in [-0.2, 0) is 0 Å². The van der Waals surface area contributed by atoms with Gasteiger partial charge < -0.3 is 0 Å². The highest BCUT2D eigenvalue weighted by Crippen LogP contribution is 2.23. The number of halogens is 5. The van der Waals surface area contributed by atoms with E-state index in [1.165, 1.54) is 22.6 Å². The fourth-order valence-corrected chi connectivity index (χ4v) is 0.400. The second kappa shape index (κ2) is 3.55. The molecule has 0 aliphatic heterocycles. The predicted octanol–water partition coefficient (Wildman–Crippen LogP) is 3.06. The Hall–Kier alpha value is 0.550. The van der Waals surface area contributed by atoms with E-state index < -0.39 is 15.3 Å². The zero-order valence-electron chi connectivity index (χ0n) is 3.47. The molecule has 8 heavy (non-hydrogen) atoms. The fraction of sp³-hybridized carbons (Fsp3) is 0.333. The normalized spacial score (nSPS) is 14.2. The largest absolute Gasteiger partial charge is 0.291 e. The fourth-order valence-electron chi connectivity index (χ4n) is 0.0825. The smallest absolute Gasteiger partial charge is 0.203 e. The third-order valence-corrected chi connectivity index (χ3v) is 1.07. The summed E-state index contributed by atoms with van der Waals surface area (Å²) in [5, 5.41) is 0. The zero-order valence-corrected chi connectivity index (χ0v) is 6.38. The molecule has 0 aliphatic carbocycles. The summed E-state index contributed by atoms with van der Waals surface area (Å²) in [4.78, 5) is 0. The molecule has 0 fully saturated rings. The molecule has 0 heterocycles. The molecule has 0 atom stereocenters. The Balaban J connectivity index is 4.00. The number of alkyl halides is 2. The minimum absolute atomic E-state index is 0.516. The van der Waals surface area contributed by atoms with Gasteiger partial charge in [-0.3, -0.25) is 0 Å². The topological polar surface area (TPSA) is 0 Å². The molecule has 5 heteroatoms. The summed E-state index contributed by atoms with van der Waals surface area (Å²) in [5.41, 5.74) is 0. The molecule has 0 aliphatic rings. The standard InChI is InChI=1S/C3HClF3I/c4-2(8)1(5)3(6)7/h3H. The molecule has 0 amide bonds. The van der Waals surface area contributed by atoms with E-state index in [4.69, 9.17) is 11.6 Å².